The average molecular weight is 418 g/mol. The van der Waals surface area contributed by atoms with Gasteiger partial charge in [0, 0.05) is 12.2 Å². The first-order valence-corrected chi connectivity index (χ1v) is 10.6. The van der Waals surface area contributed by atoms with E-state index in [-0.39, 0.29) is 5.97 Å². The Morgan fingerprint density at radius 2 is 2.07 bits per heavy atom. The number of imidazole rings is 1. The summed E-state index contributed by atoms with van der Waals surface area (Å²) in [6.45, 7) is 7.81. The molecule has 0 fully saturated rings. The molecule has 1 aromatic heterocycles. The Labute approximate surface area is 175 Å². The van der Waals surface area contributed by atoms with Gasteiger partial charge in [0.05, 0.1) is 29.3 Å². The number of nitrogens with zero attached hydrogens (tertiary/aromatic N) is 3. The van der Waals surface area contributed by atoms with Crippen LogP contribution in [-0.4, -0.2) is 39.0 Å². The number of hydrogen-bond acceptors (Lipinski definition) is 6. The van der Waals surface area contributed by atoms with E-state index in [1.165, 1.54) is 11.8 Å². The summed E-state index contributed by atoms with van der Waals surface area (Å²) in [5.74, 6) is -0.428. The summed E-state index contributed by atoms with van der Waals surface area (Å²) in [4.78, 5) is 28.2. The van der Waals surface area contributed by atoms with Gasteiger partial charge in [-0.05, 0) is 43.4 Å². The van der Waals surface area contributed by atoms with Gasteiger partial charge in [0.2, 0.25) is 0 Å². The van der Waals surface area contributed by atoms with Crippen molar-refractivity contribution < 1.29 is 19.4 Å². The standard InChI is InChI=1S/C21H27N3O4S/c1-5-28-17(25)8-6-7-11-29-20-23-15-12-14(13-22)9-10-16(15)24(20)18(19(26)27)21(2,3)4/h9-10,12,18H,5-8,11H2,1-4H3,(H,26,27). The van der Waals surface area contributed by atoms with Gasteiger partial charge in [-0.25, -0.2) is 9.78 Å². The molecule has 0 aliphatic rings. The van der Waals surface area contributed by atoms with E-state index in [4.69, 9.17) is 10.00 Å². The lowest BCUT2D eigenvalue weighted by molar-refractivity contribution is -0.145. The monoisotopic (exact) mass is 417 g/mol. The van der Waals surface area contributed by atoms with Crippen LogP contribution in [0, 0.1) is 16.7 Å². The fourth-order valence-corrected chi connectivity index (χ4v) is 4.17. The van der Waals surface area contributed by atoms with Crippen molar-refractivity contribution in [1.82, 2.24) is 9.55 Å². The molecular weight excluding hydrogens is 390 g/mol. The van der Waals surface area contributed by atoms with E-state index in [1.54, 1.807) is 29.7 Å². The van der Waals surface area contributed by atoms with Gasteiger partial charge in [-0.1, -0.05) is 32.5 Å². The Hall–Kier alpha value is -2.53. The molecule has 0 spiro atoms. The van der Waals surface area contributed by atoms with E-state index >= 15 is 0 Å². The lowest BCUT2D eigenvalue weighted by Crippen LogP contribution is -2.32. The number of carbonyl (C=O) groups is 2. The zero-order chi connectivity index (χ0) is 21.6. The van der Waals surface area contributed by atoms with Crippen molar-refractivity contribution in [3.63, 3.8) is 0 Å². The summed E-state index contributed by atoms with van der Waals surface area (Å²) in [5.41, 5.74) is 1.25. The van der Waals surface area contributed by atoms with Crippen LogP contribution in [-0.2, 0) is 14.3 Å². The molecular formula is C21H27N3O4S. The number of nitriles is 1. The number of carboxylic acid groups (broad SMARTS) is 1. The zero-order valence-electron chi connectivity index (χ0n) is 17.3. The van der Waals surface area contributed by atoms with E-state index in [1.807, 2.05) is 20.8 Å². The van der Waals surface area contributed by atoms with Gasteiger partial charge in [0.15, 0.2) is 5.16 Å². The predicted molar refractivity (Wildman–Crippen MR) is 112 cm³/mol. The number of unbranched alkanes of at least 4 members (excludes halogenated alkanes) is 1. The lowest BCUT2D eigenvalue weighted by atomic mass is 9.86. The summed E-state index contributed by atoms with van der Waals surface area (Å²) in [6, 6.07) is 6.40. The van der Waals surface area contributed by atoms with Crippen LogP contribution in [0.1, 0.15) is 58.6 Å². The molecule has 8 heteroatoms. The highest BCUT2D eigenvalue weighted by Crippen LogP contribution is 2.37. The summed E-state index contributed by atoms with van der Waals surface area (Å²) in [6.07, 6.45) is 1.85. The number of ether oxygens (including phenoxy) is 1. The van der Waals surface area contributed by atoms with Crippen LogP contribution in [0.25, 0.3) is 11.0 Å². The van der Waals surface area contributed by atoms with Gasteiger partial charge < -0.3 is 14.4 Å². The minimum atomic E-state index is -0.926. The maximum atomic E-state index is 12.1. The Morgan fingerprint density at radius 1 is 1.34 bits per heavy atom. The number of carbonyl (C=O) groups excluding carboxylic acids is 1. The summed E-state index contributed by atoms with van der Waals surface area (Å²) in [5, 5.41) is 19.7. The minimum absolute atomic E-state index is 0.201. The number of benzene rings is 1. The van der Waals surface area contributed by atoms with Crippen LogP contribution in [0.5, 0.6) is 0 Å². The fourth-order valence-electron chi connectivity index (χ4n) is 3.13. The van der Waals surface area contributed by atoms with E-state index in [2.05, 4.69) is 11.1 Å². The third-order valence-corrected chi connectivity index (χ3v) is 5.45. The molecule has 2 rings (SSSR count). The number of esters is 1. The fraction of sp³-hybridized carbons (Fsp3) is 0.524. The Kier molecular flexibility index (Phi) is 7.68. The van der Waals surface area contributed by atoms with Crippen molar-refractivity contribution in [2.24, 2.45) is 5.41 Å². The maximum Gasteiger partial charge on any atom is 0.327 e. The minimum Gasteiger partial charge on any atom is -0.480 e. The molecule has 156 valence electrons. The highest BCUT2D eigenvalue weighted by Gasteiger charge is 2.35. The molecule has 1 aromatic carbocycles. The summed E-state index contributed by atoms with van der Waals surface area (Å²) in [7, 11) is 0. The average Bonchev–Trinajstić information content (AvgIpc) is 2.97. The number of hydrogen-bond donors (Lipinski definition) is 1. The third kappa shape index (κ3) is 5.73. The van der Waals surface area contributed by atoms with Crippen molar-refractivity contribution in [2.75, 3.05) is 12.4 Å². The van der Waals surface area contributed by atoms with E-state index < -0.39 is 17.4 Å². The second kappa shape index (κ2) is 9.79. The smallest absolute Gasteiger partial charge is 0.327 e. The first kappa shape index (κ1) is 22.8. The topological polar surface area (TPSA) is 105 Å². The van der Waals surface area contributed by atoms with Crippen molar-refractivity contribution in [3.8, 4) is 6.07 Å². The molecule has 29 heavy (non-hydrogen) atoms. The maximum absolute atomic E-state index is 12.1. The predicted octanol–water partition coefficient (Wildman–Crippen LogP) is 4.41. The molecule has 0 radical (unpaired) electrons. The summed E-state index contributed by atoms with van der Waals surface area (Å²) >= 11 is 1.47. The van der Waals surface area contributed by atoms with Crippen LogP contribution in [0.2, 0.25) is 0 Å². The van der Waals surface area contributed by atoms with Crippen LogP contribution in [0.15, 0.2) is 23.4 Å². The molecule has 7 nitrogen and oxygen atoms in total. The number of rotatable bonds is 9. The second-order valence-electron chi connectivity index (χ2n) is 7.80. The first-order chi connectivity index (χ1) is 13.7. The Balaban J connectivity index is 2.29. The van der Waals surface area contributed by atoms with Gasteiger partial charge in [0.25, 0.3) is 0 Å². The molecule has 1 atom stereocenters. The van der Waals surface area contributed by atoms with E-state index in [9.17, 15) is 14.7 Å². The Morgan fingerprint density at radius 3 is 2.66 bits per heavy atom. The lowest BCUT2D eigenvalue weighted by Gasteiger charge is -2.29. The number of fused-ring (bicyclic) bond motifs is 1. The van der Waals surface area contributed by atoms with Crippen molar-refractivity contribution in [2.45, 2.75) is 58.2 Å². The van der Waals surface area contributed by atoms with Crippen LogP contribution < -0.4 is 0 Å². The number of aliphatic carboxylic acids is 1. The largest absolute Gasteiger partial charge is 0.480 e. The van der Waals surface area contributed by atoms with E-state index in [0.717, 1.165) is 6.42 Å². The van der Waals surface area contributed by atoms with E-state index in [0.29, 0.717) is 47.0 Å². The van der Waals surface area contributed by atoms with Gasteiger partial charge >= 0.3 is 11.9 Å². The van der Waals surface area contributed by atoms with Crippen LogP contribution >= 0.6 is 11.8 Å². The SMILES string of the molecule is CCOC(=O)CCCCSc1nc2cc(C#N)ccc2n1C(C(=O)O)C(C)(C)C. The molecule has 0 bridgehead atoms. The van der Waals surface area contributed by atoms with Crippen LogP contribution in [0.4, 0.5) is 0 Å². The second-order valence-corrected chi connectivity index (χ2v) is 8.86. The van der Waals surface area contributed by atoms with Crippen molar-refractivity contribution in [3.05, 3.63) is 23.8 Å². The molecule has 0 amide bonds. The third-order valence-electron chi connectivity index (χ3n) is 4.41. The molecule has 0 saturated carbocycles. The number of aromatic nitrogens is 2. The summed E-state index contributed by atoms with van der Waals surface area (Å²) < 4.78 is 6.69. The molecule has 1 unspecified atom stereocenters. The van der Waals surface area contributed by atoms with Gasteiger partial charge in [0.1, 0.15) is 6.04 Å². The first-order valence-electron chi connectivity index (χ1n) is 9.62. The van der Waals surface area contributed by atoms with Gasteiger partial charge in [-0.3, -0.25) is 4.79 Å². The zero-order valence-corrected chi connectivity index (χ0v) is 18.1. The van der Waals surface area contributed by atoms with Gasteiger partial charge in [-0.2, -0.15) is 5.26 Å². The molecule has 0 saturated heterocycles. The number of carboxylic acids is 1. The Bertz CT molecular complexity index is 924. The molecule has 0 aliphatic carbocycles. The normalized spacial score (nSPS) is 12.5. The highest BCUT2D eigenvalue weighted by molar-refractivity contribution is 7.99. The molecule has 1 heterocycles. The quantitative estimate of drug-likeness (QED) is 0.366. The van der Waals surface area contributed by atoms with Crippen molar-refractivity contribution >= 4 is 34.7 Å². The number of thioether (sulfide) groups is 1. The molecule has 1 N–H and O–H groups in total. The molecule has 2 aromatic rings. The highest BCUT2D eigenvalue weighted by atomic mass is 32.2. The van der Waals surface area contributed by atoms with Crippen molar-refractivity contribution in [1.29, 1.82) is 5.26 Å². The van der Waals surface area contributed by atoms with Crippen LogP contribution in [0.3, 0.4) is 0 Å². The van der Waals surface area contributed by atoms with Gasteiger partial charge in [-0.15, -0.1) is 0 Å². The molecule has 0 aliphatic heterocycles.